The zero-order chi connectivity index (χ0) is 14.8. The van der Waals surface area contributed by atoms with Gasteiger partial charge in [0.25, 0.3) is 0 Å². The summed E-state index contributed by atoms with van der Waals surface area (Å²) in [4.78, 5) is 12.1. The topological polar surface area (TPSA) is 50.1 Å². The quantitative estimate of drug-likeness (QED) is 0.535. The second kappa shape index (κ2) is 8.16. The van der Waals surface area contributed by atoms with Gasteiger partial charge in [0.2, 0.25) is 0 Å². The molecule has 1 rings (SSSR count). The molecule has 0 spiro atoms. The molecular weight excluding hydrogens is 250 g/mol. The van der Waals surface area contributed by atoms with E-state index in [-0.39, 0.29) is 0 Å². The summed E-state index contributed by atoms with van der Waals surface area (Å²) in [5, 5.41) is 9.49. The standard InChI is InChI=1S/C17H21NO2/c1-3-5-12-17(14-18,16(19)20-4-2)13-11-15-9-7-6-8-10-15/h3,6-10H,1,4-5,11-13H2,2H3. The molecule has 1 aromatic carbocycles. The van der Waals surface area contributed by atoms with Crippen molar-refractivity contribution in [2.24, 2.45) is 5.41 Å². The van der Waals surface area contributed by atoms with Crippen molar-refractivity contribution in [3.8, 4) is 6.07 Å². The van der Waals surface area contributed by atoms with Gasteiger partial charge in [-0.15, -0.1) is 6.58 Å². The molecule has 0 aliphatic carbocycles. The average molecular weight is 271 g/mol. The van der Waals surface area contributed by atoms with Gasteiger partial charge in [-0.3, -0.25) is 4.79 Å². The summed E-state index contributed by atoms with van der Waals surface area (Å²) in [6.45, 7) is 5.71. The number of carbonyl (C=O) groups is 1. The number of esters is 1. The van der Waals surface area contributed by atoms with Crippen LogP contribution in [0.3, 0.4) is 0 Å². The maximum Gasteiger partial charge on any atom is 0.326 e. The molecule has 1 atom stereocenters. The minimum absolute atomic E-state index is 0.293. The fraction of sp³-hybridized carbons (Fsp3) is 0.412. The van der Waals surface area contributed by atoms with E-state index in [0.29, 0.717) is 32.3 Å². The van der Waals surface area contributed by atoms with Crippen molar-refractivity contribution < 1.29 is 9.53 Å². The Morgan fingerprint density at radius 1 is 1.40 bits per heavy atom. The Kier molecular flexibility index (Phi) is 6.52. The molecule has 106 valence electrons. The van der Waals surface area contributed by atoms with Crippen LogP contribution in [-0.4, -0.2) is 12.6 Å². The third-order valence-electron chi connectivity index (χ3n) is 3.34. The Hall–Kier alpha value is -2.08. The van der Waals surface area contributed by atoms with Crippen LogP contribution in [0.2, 0.25) is 0 Å². The molecule has 0 fully saturated rings. The van der Waals surface area contributed by atoms with Gasteiger partial charge >= 0.3 is 5.97 Å². The molecule has 0 heterocycles. The lowest BCUT2D eigenvalue weighted by molar-refractivity contribution is -0.152. The lowest BCUT2D eigenvalue weighted by Gasteiger charge is -2.23. The van der Waals surface area contributed by atoms with Crippen molar-refractivity contribution in [1.29, 1.82) is 5.26 Å². The number of hydrogen-bond acceptors (Lipinski definition) is 3. The molecule has 3 nitrogen and oxygen atoms in total. The van der Waals surface area contributed by atoms with Crippen molar-refractivity contribution >= 4 is 5.97 Å². The first-order valence-electron chi connectivity index (χ1n) is 6.92. The van der Waals surface area contributed by atoms with Gasteiger partial charge in [0.1, 0.15) is 0 Å². The molecule has 0 amide bonds. The predicted molar refractivity (Wildman–Crippen MR) is 78.9 cm³/mol. The summed E-state index contributed by atoms with van der Waals surface area (Å²) >= 11 is 0. The summed E-state index contributed by atoms with van der Waals surface area (Å²) in [5.41, 5.74) is 0.0510. The molecule has 1 unspecified atom stereocenters. The van der Waals surface area contributed by atoms with Crippen LogP contribution in [0.25, 0.3) is 0 Å². The molecule has 0 N–H and O–H groups in total. The van der Waals surface area contributed by atoms with Gasteiger partial charge in [-0.25, -0.2) is 0 Å². The average Bonchev–Trinajstić information content (AvgIpc) is 2.49. The molecule has 3 heteroatoms. The van der Waals surface area contributed by atoms with Crippen LogP contribution in [0, 0.1) is 16.7 Å². The van der Waals surface area contributed by atoms with Crippen LogP contribution in [-0.2, 0) is 16.0 Å². The van der Waals surface area contributed by atoms with Crippen LogP contribution in [0.4, 0.5) is 0 Å². The fourth-order valence-electron chi connectivity index (χ4n) is 2.11. The Labute approximate surface area is 120 Å². The highest BCUT2D eigenvalue weighted by molar-refractivity contribution is 5.80. The van der Waals surface area contributed by atoms with Gasteiger partial charge in [0.05, 0.1) is 12.7 Å². The van der Waals surface area contributed by atoms with Gasteiger partial charge in [0.15, 0.2) is 5.41 Å². The van der Waals surface area contributed by atoms with Crippen molar-refractivity contribution in [1.82, 2.24) is 0 Å². The Morgan fingerprint density at radius 3 is 2.65 bits per heavy atom. The molecule has 0 aromatic heterocycles. The van der Waals surface area contributed by atoms with Gasteiger partial charge in [-0.1, -0.05) is 36.4 Å². The molecule has 0 saturated carbocycles. The van der Waals surface area contributed by atoms with E-state index in [1.54, 1.807) is 13.0 Å². The number of aryl methyl sites for hydroxylation is 1. The first kappa shape index (κ1) is 16.0. The highest BCUT2D eigenvalue weighted by atomic mass is 16.5. The highest BCUT2D eigenvalue weighted by Gasteiger charge is 2.39. The number of nitriles is 1. The van der Waals surface area contributed by atoms with E-state index >= 15 is 0 Å². The Balaban J connectivity index is 2.83. The summed E-state index contributed by atoms with van der Waals surface area (Å²) in [7, 11) is 0. The van der Waals surface area contributed by atoms with Crippen molar-refractivity contribution in [2.45, 2.75) is 32.6 Å². The Bertz CT molecular complexity index is 476. The van der Waals surface area contributed by atoms with E-state index < -0.39 is 11.4 Å². The van der Waals surface area contributed by atoms with E-state index in [2.05, 4.69) is 12.6 Å². The molecule has 0 aliphatic heterocycles. The van der Waals surface area contributed by atoms with E-state index in [0.717, 1.165) is 5.56 Å². The maximum absolute atomic E-state index is 12.1. The number of hydrogen-bond donors (Lipinski definition) is 0. The smallest absolute Gasteiger partial charge is 0.326 e. The van der Waals surface area contributed by atoms with Gasteiger partial charge in [-0.05, 0) is 38.2 Å². The van der Waals surface area contributed by atoms with Crippen LogP contribution in [0.5, 0.6) is 0 Å². The summed E-state index contributed by atoms with van der Waals surface area (Å²) in [6, 6.07) is 12.0. The molecule has 0 aliphatic rings. The van der Waals surface area contributed by atoms with Crippen LogP contribution < -0.4 is 0 Å². The molecule has 0 radical (unpaired) electrons. The van der Waals surface area contributed by atoms with E-state index in [4.69, 9.17) is 4.74 Å². The zero-order valence-corrected chi connectivity index (χ0v) is 12.0. The SMILES string of the molecule is C=CCCC(C#N)(CCc1ccccc1)C(=O)OCC. The van der Waals surface area contributed by atoms with Crippen molar-refractivity contribution in [2.75, 3.05) is 6.61 Å². The van der Waals surface area contributed by atoms with Crippen molar-refractivity contribution in [3.05, 3.63) is 48.6 Å². The lowest BCUT2D eigenvalue weighted by Crippen LogP contribution is -2.32. The summed E-state index contributed by atoms with van der Waals surface area (Å²) in [5.74, 6) is -0.416. The largest absolute Gasteiger partial charge is 0.465 e. The predicted octanol–water partition coefficient (Wildman–Crippen LogP) is 3.66. The maximum atomic E-state index is 12.1. The first-order chi connectivity index (χ1) is 9.68. The number of nitrogens with zero attached hydrogens (tertiary/aromatic N) is 1. The lowest BCUT2D eigenvalue weighted by atomic mass is 9.79. The van der Waals surface area contributed by atoms with Crippen LogP contribution in [0.1, 0.15) is 31.7 Å². The second-order valence-corrected chi connectivity index (χ2v) is 4.73. The molecule has 0 saturated heterocycles. The van der Waals surface area contributed by atoms with Crippen LogP contribution in [0.15, 0.2) is 43.0 Å². The Morgan fingerprint density at radius 2 is 2.10 bits per heavy atom. The number of allylic oxidation sites excluding steroid dienone is 1. The third-order valence-corrected chi connectivity index (χ3v) is 3.34. The number of carbonyl (C=O) groups excluding carboxylic acids is 1. The van der Waals surface area contributed by atoms with E-state index in [1.165, 1.54) is 0 Å². The van der Waals surface area contributed by atoms with Gasteiger partial charge in [-0.2, -0.15) is 5.26 Å². The number of ether oxygens (including phenoxy) is 1. The molecule has 20 heavy (non-hydrogen) atoms. The van der Waals surface area contributed by atoms with Gasteiger partial charge in [0, 0.05) is 0 Å². The van der Waals surface area contributed by atoms with E-state index in [9.17, 15) is 10.1 Å². The molecule has 1 aromatic rings. The third kappa shape index (κ3) is 4.24. The first-order valence-corrected chi connectivity index (χ1v) is 6.92. The van der Waals surface area contributed by atoms with Gasteiger partial charge < -0.3 is 4.74 Å². The zero-order valence-electron chi connectivity index (χ0n) is 12.0. The summed E-state index contributed by atoms with van der Waals surface area (Å²) < 4.78 is 5.09. The normalized spacial score (nSPS) is 13.0. The van der Waals surface area contributed by atoms with Crippen molar-refractivity contribution in [3.63, 3.8) is 0 Å². The summed E-state index contributed by atoms with van der Waals surface area (Å²) in [6.07, 6.45) is 3.97. The van der Waals surface area contributed by atoms with E-state index in [1.807, 2.05) is 30.3 Å². The monoisotopic (exact) mass is 271 g/mol. The molecular formula is C17H21NO2. The van der Waals surface area contributed by atoms with Crippen LogP contribution >= 0.6 is 0 Å². The highest BCUT2D eigenvalue weighted by Crippen LogP contribution is 2.31. The second-order valence-electron chi connectivity index (χ2n) is 4.73. The fourth-order valence-corrected chi connectivity index (χ4v) is 2.11. The minimum Gasteiger partial charge on any atom is -0.465 e. The number of rotatable bonds is 8. The molecule has 0 bridgehead atoms. The minimum atomic E-state index is -1.07. The number of benzene rings is 1.